The van der Waals surface area contributed by atoms with E-state index in [9.17, 15) is 15.0 Å². The van der Waals surface area contributed by atoms with Crippen molar-refractivity contribution in [2.75, 3.05) is 30.3 Å². The topological polar surface area (TPSA) is 113 Å². The standard InChI is InChI=1S/C37H41N3O6/c1-25-34(22-40-20-6-9-31(40)24-42)45-36(46-35(25)27-14-12-26(23-41)13-15-27)28-7-5-8-30(21-28)39-37(43)38-29-16-18-33(19-17-29)44-32-10-3-2-4-11-32/h2-5,7-8,10-19,21,25,31,34-36,41-42H,6,9,20,22-24H2,1H3,(H2,38,39,43)/t25-,31+,34+,35+,36+/m1/s1. The van der Waals surface area contributed by atoms with Crippen molar-refractivity contribution in [1.29, 1.82) is 0 Å². The lowest BCUT2D eigenvalue weighted by molar-refractivity contribution is -0.276. The predicted molar refractivity (Wildman–Crippen MR) is 177 cm³/mol. The maximum atomic E-state index is 12.9. The molecule has 0 aromatic heterocycles. The van der Waals surface area contributed by atoms with E-state index >= 15 is 0 Å². The molecule has 9 heteroatoms. The van der Waals surface area contributed by atoms with Gasteiger partial charge in [0.05, 0.1) is 25.4 Å². The minimum Gasteiger partial charge on any atom is -0.457 e. The highest BCUT2D eigenvalue weighted by Gasteiger charge is 2.40. The van der Waals surface area contributed by atoms with Crippen LogP contribution in [0.4, 0.5) is 16.2 Å². The number of amides is 2. The van der Waals surface area contributed by atoms with Crippen LogP contribution in [-0.4, -0.2) is 53.0 Å². The molecule has 240 valence electrons. The second kappa shape index (κ2) is 14.9. The maximum absolute atomic E-state index is 12.9. The first-order chi connectivity index (χ1) is 22.5. The van der Waals surface area contributed by atoms with Crippen LogP contribution >= 0.6 is 0 Å². The monoisotopic (exact) mass is 623 g/mol. The minimum absolute atomic E-state index is 0.0193. The highest BCUT2D eigenvalue weighted by Crippen LogP contribution is 2.42. The van der Waals surface area contributed by atoms with Crippen molar-refractivity contribution < 1.29 is 29.2 Å². The van der Waals surface area contributed by atoms with Crippen molar-refractivity contribution in [1.82, 2.24) is 4.90 Å². The summed E-state index contributed by atoms with van der Waals surface area (Å²) in [7, 11) is 0. The Morgan fingerprint density at radius 1 is 0.848 bits per heavy atom. The number of carbonyl (C=O) groups excluding carboxylic acids is 1. The number of carbonyl (C=O) groups is 1. The largest absolute Gasteiger partial charge is 0.457 e. The Morgan fingerprint density at radius 2 is 1.59 bits per heavy atom. The lowest BCUT2D eigenvalue weighted by Crippen LogP contribution is -2.46. The van der Waals surface area contributed by atoms with Gasteiger partial charge in [0, 0.05) is 35.4 Å². The van der Waals surface area contributed by atoms with Crippen LogP contribution < -0.4 is 15.4 Å². The van der Waals surface area contributed by atoms with E-state index in [1.807, 2.05) is 78.9 Å². The number of likely N-dealkylation sites (tertiary alicyclic amines) is 1. The third-order valence-electron chi connectivity index (χ3n) is 8.76. The maximum Gasteiger partial charge on any atom is 0.323 e. The Hall–Kier alpha value is -4.25. The smallest absolute Gasteiger partial charge is 0.323 e. The highest BCUT2D eigenvalue weighted by atomic mass is 16.7. The fraction of sp³-hybridized carbons (Fsp3) is 0.324. The van der Waals surface area contributed by atoms with Gasteiger partial charge in [-0.15, -0.1) is 0 Å². The summed E-state index contributed by atoms with van der Waals surface area (Å²) in [5, 5.41) is 25.3. The number of hydrogen-bond donors (Lipinski definition) is 4. The van der Waals surface area contributed by atoms with Crippen LogP contribution in [0.3, 0.4) is 0 Å². The molecule has 0 radical (unpaired) electrons. The van der Waals surface area contributed by atoms with Crippen LogP contribution in [0.1, 0.15) is 48.8 Å². The molecule has 2 aliphatic heterocycles. The van der Waals surface area contributed by atoms with E-state index in [1.54, 1.807) is 24.3 Å². The molecule has 4 aromatic carbocycles. The van der Waals surface area contributed by atoms with Gasteiger partial charge in [-0.05, 0) is 79.0 Å². The van der Waals surface area contributed by atoms with E-state index in [1.165, 1.54) is 0 Å². The third-order valence-corrected chi connectivity index (χ3v) is 8.76. The normalized spacial score (nSPS) is 23.2. The summed E-state index contributed by atoms with van der Waals surface area (Å²) >= 11 is 0. The molecule has 2 aliphatic rings. The second-order valence-electron chi connectivity index (χ2n) is 11.9. The fourth-order valence-corrected chi connectivity index (χ4v) is 6.19. The number of nitrogens with one attached hydrogen (secondary N) is 2. The quantitative estimate of drug-likeness (QED) is 0.153. The minimum atomic E-state index is -0.666. The molecule has 0 aliphatic carbocycles. The SMILES string of the molecule is C[C@@H]1[C@H](CN2CCC[C@H]2CO)O[C@H](c2cccc(NC(=O)Nc3ccc(Oc4ccccc4)cc3)c2)O[C@@H]1c1ccc(CO)cc1. The average molecular weight is 624 g/mol. The number of nitrogens with zero attached hydrogens (tertiary/aromatic N) is 1. The number of hydrogen-bond acceptors (Lipinski definition) is 7. The summed E-state index contributed by atoms with van der Waals surface area (Å²) < 4.78 is 19.1. The van der Waals surface area contributed by atoms with E-state index in [4.69, 9.17) is 14.2 Å². The van der Waals surface area contributed by atoms with Gasteiger partial charge in [0.2, 0.25) is 0 Å². The lowest BCUT2D eigenvalue weighted by atomic mass is 9.90. The molecule has 0 saturated carbocycles. The van der Waals surface area contributed by atoms with Gasteiger partial charge in [-0.1, -0.05) is 61.5 Å². The van der Waals surface area contributed by atoms with Crippen molar-refractivity contribution >= 4 is 17.4 Å². The number of benzene rings is 4. The summed E-state index contributed by atoms with van der Waals surface area (Å²) in [6, 6.07) is 31.8. The summed E-state index contributed by atoms with van der Waals surface area (Å²) in [6.07, 6.45) is 0.966. The lowest BCUT2D eigenvalue weighted by Gasteiger charge is -2.43. The van der Waals surface area contributed by atoms with E-state index < -0.39 is 6.29 Å². The summed E-state index contributed by atoms with van der Waals surface area (Å²) in [6.45, 7) is 3.87. The zero-order valence-electron chi connectivity index (χ0n) is 25.9. The van der Waals surface area contributed by atoms with Crippen molar-refractivity contribution in [3.05, 3.63) is 120 Å². The predicted octanol–water partition coefficient (Wildman–Crippen LogP) is 6.86. The summed E-state index contributed by atoms with van der Waals surface area (Å²) in [4.78, 5) is 15.2. The second-order valence-corrected chi connectivity index (χ2v) is 11.9. The highest BCUT2D eigenvalue weighted by molar-refractivity contribution is 5.99. The Kier molecular flexibility index (Phi) is 10.3. The molecule has 0 bridgehead atoms. The molecule has 9 nitrogen and oxygen atoms in total. The van der Waals surface area contributed by atoms with Crippen LogP contribution in [0.2, 0.25) is 0 Å². The van der Waals surface area contributed by atoms with Crippen molar-refractivity contribution in [2.24, 2.45) is 5.92 Å². The number of aliphatic hydroxyl groups is 2. The zero-order chi connectivity index (χ0) is 31.9. The van der Waals surface area contributed by atoms with Crippen LogP contribution in [0.15, 0.2) is 103 Å². The molecular weight excluding hydrogens is 582 g/mol. The molecule has 6 rings (SSSR count). The number of aliphatic hydroxyl groups excluding tert-OH is 2. The first-order valence-electron chi connectivity index (χ1n) is 15.9. The average Bonchev–Trinajstić information content (AvgIpc) is 3.54. The molecule has 2 saturated heterocycles. The Labute approximate surface area is 269 Å². The van der Waals surface area contributed by atoms with E-state index in [-0.39, 0.29) is 43.4 Å². The van der Waals surface area contributed by atoms with E-state index in [0.717, 1.165) is 41.8 Å². The Balaban J connectivity index is 1.14. The van der Waals surface area contributed by atoms with Crippen LogP contribution in [0.5, 0.6) is 11.5 Å². The Bertz CT molecular complexity index is 1570. The Morgan fingerprint density at radius 3 is 2.33 bits per heavy atom. The number of ether oxygens (including phenoxy) is 3. The van der Waals surface area contributed by atoms with Crippen molar-refractivity contribution in [2.45, 2.75) is 50.9 Å². The van der Waals surface area contributed by atoms with Gasteiger partial charge in [0.15, 0.2) is 6.29 Å². The number of para-hydroxylation sites is 1. The van der Waals surface area contributed by atoms with Crippen LogP contribution in [0, 0.1) is 5.92 Å². The van der Waals surface area contributed by atoms with Gasteiger partial charge in [0.25, 0.3) is 0 Å². The molecule has 5 atom stereocenters. The fourth-order valence-electron chi connectivity index (χ4n) is 6.19. The number of urea groups is 1. The number of anilines is 2. The molecule has 46 heavy (non-hydrogen) atoms. The van der Waals surface area contributed by atoms with Gasteiger partial charge in [-0.3, -0.25) is 4.90 Å². The molecule has 2 amide bonds. The molecule has 2 heterocycles. The van der Waals surface area contributed by atoms with Gasteiger partial charge in [-0.25, -0.2) is 4.79 Å². The summed E-state index contributed by atoms with van der Waals surface area (Å²) in [5.41, 5.74) is 3.87. The molecule has 4 aromatic rings. The van der Waals surface area contributed by atoms with Gasteiger partial charge in [0.1, 0.15) is 11.5 Å². The van der Waals surface area contributed by atoms with Gasteiger partial charge < -0.3 is 35.1 Å². The molecule has 0 spiro atoms. The van der Waals surface area contributed by atoms with E-state index in [0.29, 0.717) is 23.7 Å². The molecular formula is C37H41N3O6. The molecule has 0 unspecified atom stereocenters. The molecule has 4 N–H and O–H groups in total. The number of rotatable bonds is 10. The van der Waals surface area contributed by atoms with Crippen LogP contribution in [0.25, 0.3) is 0 Å². The van der Waals surface area contributed by atoms with Crippen LogP contribution in [-0.2, 0) is 16.1 Å². The third kappa shape index (κ3) is 7.75. The first kappa shape index (κ1) is 31.7. The van der Waals surface area contributed by atoms with Crippen molar-refractivity contribution in [3.63, 3.8) is 0 Å². The van der Waals surface area contributed by atoms with Gasteiger partial charge in [-0.2, -0.15) is 0 Å². The van der Waals surface area contributed by atoms with Gasteiger partial charge >= 0.3 is 6.03 Å². The van der Waals surface area contributed by atoms with E-state index in [2.05, 4.69) is 22.5 Å². The molecule has 2 fully saturated rings. The zero-order valence-corrected chi connectivity index (χ0v) is 25.9. The van der Waals surface area contributed by atoms with Crippen molar-refractivity contribution in [3.8, 4) is 11.5 Å². The first-order valence-corrected chi connectivity index (χ1v) is 15.9. The summed E-state index contributed by atoms with van der Waals surface area (Å²) in [5.74, 6) is 1.45.